The molecule has 0 bridgehead atoms. The van der Waals surface area contributed by atoms with E-state index >= 15 is 0 Å². The summed E-state index contributed by atoms with van der Waals surface area (Å²) in [7, 11) is 0. The second-order valence-corrected chi connectivity index (χ2v) is 6.37. The van der Waals surface area contributed by atoms with E-state index in [1.165, 1.54) is 0 Å². The molecule has 0 saturated carbocycles. The van der Waals surface area contributed by atoms with E-state index in [0.717, 1.165) is 25.1 Å². The molecule has 2 aliphatic rings. The second-order valence-electron chi connectivity index (χ2n) is 6.37. The molecule has 2 amide bonds. The van der Waals surface area contributed by atoms with Crippen molar-refractivity contribution in [2.24, 2.45) is 0 Å². The fourth-order valence-corrected chi connectivity index (χ4v) is 3.14. The molecular formula is C17H21N3O4. The van der Waals surface area contributed by atoms with Crippen molar-refractivity contribution in [1.82, 2.24) is 5.32 Å². The molecule has 0 radical (unpaired) electrons. The molecule has 2 heterocycles. The van der Waals surface area contributed by atoms with Crippen LogP contribution in [0.5, 0.6) is 0 Å². The zero-order chi connectivity index (χ0) is 17.3. The molecule has 3 rings (SSSR count). The first-order valence-electron chi connectivity index (χ1n) is 8.14. The van der Waals surface area contributed by atoms with Gasteiger partial charge in [0.05, 0.1) is 16.9 Å². The van der Waals surface area contributed by atoms with Gasteiger partial charge in [0, 0.05) is 12.6 Å². The first-order chi connectivity index (χ1) is 11.5. The molecule has 128 valence electrons. The molecule has 1 fully saturated rings. The summed E-state index contributed by atoms with van der Waals surface area (Å²) in [5.74, 6) is -0.971. The molecule has 0 aromatic heterocycles. The minimum absolute atomic E-state index is 0.0106. The average molecular weight is 331 g/mol. The summed E-state index contributed by atoms with van der Waals surface area (Å²) in [5, 5.41) is 5.50. The molecule has 24 heavy (non-hydrogen) atoms. The monoisotopic (exact) mass is 331 g/mol. The Labute approximate surface area is 140 Å². The number of benzene rings is 1. The summed E-state index contributed by atoms with van der Waals surface area (Å²) >= 11 is 0. The van der Waals surface area contributed by atoms with Gasteiger partial charge in [-0.05, 0) is 44.9 Å². The highest BCUT2D eigenvalue weighted by atomic mass is 16.5. The van der Waals surface area contributed by atoms with E-state index in [9.17, 15) is 14.4 Å². The highest BCUT2D eigenvalue weighted by Gasteiger charge is 2.36. The van der Waals surface area contributed by atoms with Crippen LogP contribution in [0.2, 0.25) is 0 Å². The Morgan fingerprint density at radius 2 is 2.21 bits per heavy atom. The number of nitrogens with zero attached hydrogens (tertiary/aromatic N) is 1. The first kappa shape index (κ1) is 16.3. The predicted octanol–water partition coefficient (Wildman–Crippen LogP) is 1.29. The molecule has 1 aromatic rings. The van der Waals surface area contributed by atoms with E-state index in [-0.39, 0.29) is 30.5 Å². The maximum atomic E-state index is 12.1. The van der Waals surface area contributed by atoms with Gasteiger partial charge in [0.1, 0.15) is 6.04 Å². The third-order valence-corrected chi connectivity index (χ3v) is 4.14. The number of esters is 1. The van der Waals surface area contributed by atoms with Gasteiger partial charge in [-0.3, -0.25) is 9.59 Å². The fraction of sp³-hybridized carbons (Fsp3) is 0.471. The van der Waals surface area contributed by atoms with Crippen LogP contribution in [0.1, 0.15) is 37.0 Å². The van der Waals surface area contributed by atoms with Crippen LogP contribution in [0, 0.1) is 0 Å². The number of hydrogen-bond donors (Lipinski definition) is 2. The summed E-state index contributed by atoms with van der Waals surface area (Å²) < 4.78 is 5.02. The van der Waals surface area contributed by atoms with Crippen molar-refractivity contribution in [3.63, 3.8) is 0 Å². The van der Waals surface area contributed by atoms with Gasteiger partial charge >= 0.3 is 5.97 Å². The zero-order valence-corrected chi connectivity index (χ0v) is 13.8. The maximum absolute atomic E-state index is 12.1. The van der Waals surface area contributed by atoms with Crippen LogP contribution in [-0.2, 0) is 14.3 Å². The normalized spacial score (nSPS) is 18.7. The largest absolute Gasteiger partial charge is 0.452 e. The topological polar surface area (TPSA) is 87.7 Å². The zero-order valence-electron chi connectivity index (χ0n) is 13.8. The van der Waals surface area contributed by atoms with Gasteiger partial charge in [0.25, 0.3) is 5.91 Å². The fourth-order valence-electron chi connectivity index (χ4n) is 3.14. The maximum Gasteiger partial charge on any atom is 0.338 e. The van der Waals surface area contributed by atoms with Gasteiger partial charge in [-0.15, -0.1) is 0 Å². The van der Waals surface area contributed by atoms with Crippen molar-refractivity contribution >= 4 is 29.2 Å². The minimum Gasteiger partial charge on any atom is -0.452 e. The quantitative estimate of drug-likeness (QED) is 0.812. The van der Waals surface area contributed by atoms with Gasteiger partial charge in [-0.2, -0.15) is 0 Å². The lowest BCUT2D eigenvalue weighted by molar-refractivity contribution is -0.124. The van der Waals surface area contributed by atoms with Crippen LogP contribution < -0.4 is 15.5 Å². The minimum atomic E-state index is -0.588. The third kappa shape index (κ3) is 3.20. The van der Waals surface area contributed by atoms with Crippen molar-refractivity contribution in [1.29, 1.82) is 0 Å². The van der Waals surface area contributed by atoms with Crippen molar-refractivity contribution in [3.05, 3.63) is 23.8 Å². The lowest BCUT2D eigenvalue weighted by atomic mass is 10.1. The van der Waals surface area contributed by atoms with E-state index in [4.69, 9.17) is 4.74 Å². The van der Waals surface area contributed by atoms with Crippen LogP contribution in [0.25, 0.3) is 0 Å². The van der Waals surface area contributed by atoms with E-state index in [1.807, 2.05) is 19.9 Å². The van der Waals surface area contributed by atoms with Crippen LogP contribution in [-0.4, -0.2) is 43.0 Å². The van der Waals surface area contributed by atoms with Crippen LogP contribution in [0.3, 0.4) is 0 Å². The molecule has 1 aromatic carbocycles. The Balaban J connectivity index is 1.70. The Hall–Kier alpha value is -2.57. The van der Waals surface area contributed by atoms with Crippen LogP contribution in [0.4, 0.5) is 11.4 Å². The number of fused-ring (bicyclic) bond motifs is 3. The van der Waals surface area contributed by atoms with E-state index in [1.54, 1.807) is 12.1 Å². The number of carbonyl (C=O) groups excluding carboxylic acids is 3. The average Bonchev–Trinajstić information content (AvgIpc) is 3.02. The standard InChI is InChI=1S/C17H21N3O4/c1-10(2)18-15(21)9-24-17(23)11-5-6-13-12(8-11)19-16(22)14-4-3-7-20(13)14/h5-6,8,10,14H,3-4,7,9H2,1-2H3,(H,18,21)(H,19,22)/t14-/m0/s1. The van der Waals surface area contributed by atoms with E-state index < -0.39 is 5.97 Å². The Morgan fingerprint density at radius 1 is 1.42 bits per heavy atom. The Bertz CT molecular complexity index is 686. The molecule has 1 atom stereocenters. The van der Waals surface area contributed by atoms with Crippen molar-refractivity contribution in [3.8, 4) is 0 Å². The second kappa shape index (κ2) is 6.51. The molecule has 7 heteroatoms. The molecule has 1 saturated heterocycles. The number of anilines is 2. The number of hydrogen-bond acceptors (Lipinski definition) is 5. The highest BCUT2D eigenvalue weighted by molar-refractivity contribution is 6.05. The first-order valence-corrected chi connectivity index (χ1v) is 8.14. The van der Waals surface area contributed by atoms with E-state index in [0.29, 0.717) is 11.3 Å². The summed E-state index contributed by atoms with van der Waals surface area (Å²) in [6, 6.07) is 4.95. The highest BCUT2D eigenvalue weighted by Crippen LogP contribution is 2.37. The molecule has 0 aliphatic carbocycles. The molecule has 2 aliphatic heterocycles. The van der Waals surface area contributed by atoms with Gasteiger partial charge in [0.15, 0.2) is 6.61 Å². The van der Waals surface area contributed by atoms with Crippen molar-refractivity contribution < 1.29 is 19.1 Å². The summed E-state index contributed by atoms with van der Waals surface area (Å²) in [5.41, 5.74) is 1.84. The predicted molar refractivity (Wildman–Crippen MR) is 89.0 cm³/mol. The number of rotatable bonds is 4. The van der Waals surface area contributed by atoms with Crippen molar-refractivity contribution in [2.75, 3.05) is 23.4 Å². The number of amides is 2. The Morgan fingerprint density at radius 3 is 2.96 bits per heavy atom. The lowest BCUT2D eigenvalue weighted by Gasteiger charge is -2.33. The summed E-state index contributed by atoms with van der Waals surface area (Å²) in [6.07, 6.45) is 1.83. The number of nitrogens with one attached hydrogen (secondary N) is 2. The lowest BCUT2D eigenvalue weighted by Crippen LogP contribution is -2.43. The van der Waals surface area contributed by atoms with Gasteiger partial charge < -0.3 is 20.3 Å². The molecule has 2 N–H and O–H groups in total. The summed E-state index contributed by atoms with van der Waals surface area (Å²) in [4.78, 5) is 37.8. The SMILES string of the molecule is CC(C)NC(=O)COC(=O)c1ccc2c(c1)NC(=O)[C@@H]1CCCN21. The van der Waals surface area contributed by atoms with Gasteiger partial charge in [0.2, 0.25) is 5.91 Å². The third-order valence-electron chi connectivity index (χ3n) is 4.14. The smallest absolute Gasteiger partial charge is 0.338 e. The van der Waals surface area contributed by atoms with E-state index in [2.05, 4.69) is 15.5 Å². The van der Waals surface area contributed by atoms with Gasteiger partial charge in [-0.25, -0.2) is 4.79 Å². The molecule has 0 spiro atoms. The number of ether oxygens (including phenoxy) is 1. The molecular weight excluding hydrogens is 310 g/mol. The number of carbonyl (C=O) groups is 3. The molecule has 7 nitrogen and oxygen atoms in total. The van der Waals surface area contributed by atoms with Crippen molar-refractivity contribution in [2.45, 2.75) is 38.8 Å². The van der Waals surface area contributed by atoms with Crippen LogP contribution >= 0.6 is 0 Å². The Kier molecular flexibility index (Phi) is 4.42. The molecule has 0 unspecified atom stereocenters. The van der Waals surface area contributed by atoms with Gasteiger partial charge in [-0.1, -0.05) is 0 Å². The summed E-state index contributed by atoms with van der Waals surface area (Å²) in [6.45, 7) is 4.17. The van der Waals surface area contributed by atoms with Crippen LogP contribution in [0.15, 0.2) is 18.2 Å².